The number of ether oxygens (including phenoxy) is 1. The van der Waals surface area contributed by atoms with Gasteiger partial charge in [0.25, 0.3) is 0 Å². The van der Waals surface area contributed by atoms with Crippen molar-refractivity contribution in [2.45, 2.75) is 45.2 Å². The number of hydrogen-bond acceptors (Lipinski definition) is 6. The third kappa shape index (κ3) is 5.64. The van der Waals surface area contributed by atoms with Gasteiger partial charge in [-0.15, -0.1) is 0 Å². The Kier molecular flexibility index (Phi) is 6.84. The van der Waals surface area contributed by atoms with Crippen molar-refractivity contribution in [2.75, 3.05) is 11.9 Å². The summed E-state index contributed by atoms with van der Waals surface area (Å²) in [5.41, 5.74) is 1.69. The molecule has 1 atom stereocenters. The second kappa shape index (κ2) is 10.1. The molecule has 1 saturated heterocycles. The van der Waals surface area contributed by atoms with Crippen LogP contribution in [0.3, 0.4) is 0 Å². The van der Waals surface area contributed by atoms with Gasteiger partial charge in [0.2, 0.25) is 11.8 Å². The highest BCUT2D eigenvalue weighted by Gasteiger charge is 2.29. The molecule has 3 aromatic rings. The predicted octanol–water partition coefficient (Wildman–Crippen LogP) is 4.22. The molecule has 2 aromatic heterocycles. The number of benzene rings is 1. The number of nitrogens with one attached hydrogen (secondary N) is 1. The molecule has 4 rings (SSSR count). The molecule has 31 heavy (non-hydrogen) atoms. The molecule has 1 N–H and O–H groups in total. The number of aromatic nitrogens is 3. The van der Waals surface area contributed by atoms with Crippen molar-refractivity contribution in [3.63, 3.8) is 0 Å². The van der Waals surface area contributed by atoms with E-state index in [1.54, 1.807) is 12.3 Å². The van der Waals surface area contributed by atoms with Crippen LogP contribution in [0.25, 0.3) is 0 Å². The van der Waals surface area contributed by atoms with Crippen LogP contribution in [0, 0.1) is 0 Å². The summed E-state index contributed by atoms with van der Waals surface area (Å²) in [4.78, 5) is 28.3. The lowest BCUT2D eigenvalue weighted by Crippen LogP contribution is -2.46. The molecule has 0 bridgehead atoms. The molecule has 0 spiro atoms. The molecule has 160 valence electrons. The number of rotatable bonds is 7. The van der Waals surface area contributed by atoms with Crippen LogP contribution in [-0.4, -0.2) is 38.3 Å². The number of amides is 1. The maximum Gasteiger partial charge on any atom is 0.241 e. The fraction of sp³-hybridized carbons (Fsp3) is 0.333. The first-order chi connectivity index (χ1) is 15.2. The van der Waals surface area contributed by atoms with Crippen molar-refractivity contribution in [3.05, 3.63) is 72.4 Å². The van der Waals surface area contributed by atoms with Crippen molar-refractivity contribution in [1.82, 2.24) is 19.9 Å². The lowest BCUT2D eigenvalue weighted by Gasteiger charge is -2.34. The van der Waals surface area contributed by atoms with Crippen LogP contribution in [0.15, 0.2) is 61.1 Å². The normalized spacial score (nSPS) is 16.6. The molecule has 3 heterocycles. The molecule has 7 nitrogen and oxygen atoms in total. The van der Waals surface area contributed by atoms with Gasteiger partial charge in [-0.25, -0.2) is 15.0 Å². The van der Waals surface area contributed by atoms with E-state index in [-0.39, 0.29) is 11.9 Å². The summed E-state index contributed by atoms with van der Waals surface area (Å²) in [6.07, 6.45) is 9.14. The third-order valence-electron chi connectivity index (χ3n) is 5.35. The van der Waals surface area contributed by atoms with Crippen LogP contribution in [0.5, 0.6) is 11.6 Å². The molecule has 7 heteroatoms. The lowest BCUT2D eigenvalue weighted by atomic mass is 10.0. The summed E-state index contributed by atoms with van der Waals surface area (Å²) < 4.78 is 5.71. The van der Waals surface area contributed by atoms with E-state index in [1.165, 1.54) is 0 Å². The largest absolute Gasteiger partial charge is 0.439 e. The number of hydrogen-bond donors (Lipinski definition) is 1. The topological polar surface area (TPSA) is 80.2 Å². The number of likely N-dealkylation sites (tertiary alicyclic amines) is 1. The van der Waals surface area contributed by atoms with Crippen LogP contribution in [0.1, 0.15) is 37.6 Å². The molecule has 0 unspecified atom stereocenters. The minimum absolute atomic E-state index is 0.00988. The predicted molar refractivity (Wildman–Crippen MR) is 119 cm³/mol. The summed E-state index contributed by atoms with van der Waals surface area (Å²) in [7, 11) is 0. The zero-order valence-corrected chi connectivity index (χ0v) is 17.7. The summed E-state index contributed by atoms with van der Waals surface area (Å²) in [5.74, 6) is 2.04. The molecule has 1 amide bonds. The molecular weight excluding hydrogens is 390 g/mol. The second-order valence-corrected chi connectivity index (χ2v) is 7.63. The first-order valence-electron chi connectivity index (χ1n) is 10.7. The van der Waals surface area contributed by atoms with Gasteiger partial charge in [-0.05, 0) is 37.6 Å². The van der Waals surface area contributed by atoms with Gasteiger partial charge in [0.05, 0.1) is 17.9 Å². The minimum atomic E-state index is -0.181. The Labute approximate surface area is 182 Å². The quantitative estimate of drug-likeness (QED) is 0.620. The smallest absolute Gasteiger partial charge is 0.241 e. The summed E-state index contributed by atoms with van der Waals surface area (Å²) in [6.45, 7) is 3.59. The van der Waals surface area contributed by atoms with Crippen molar-refractivity contribution < 1.29 is 9.53 Å². The van der Waals surface area contributed by atoms with E-state index < -0.39 is 0 Å². The van der Waals surface area contributed by atoms with E-state index in [2.05, 4.69) is 25.2 Å². The summed E-state index contributed by atoms with van der Waals surface area (Å²) >= 11 is 0. The van der Waals surface area contributed by atoms with E-state index in [9.17, 15) is 4.79 Å². The molecular formula is C24H27N5O2. The van der Waals surface area contributed by atoms with Crippen molar-refractivity contribution in [1.29, 1.82) is 0 Å². The standard InChI is InChI=1S/C24H27N5O2/c1-2-22-25-14-18(15-26-22)17-29-13-7-6-10-21(29)24(30)28-19-11-12-23(27-16-19)31-20-8-4-3-5-9-20/h3-5,8-9,11-12,14-16,21H,2,6-7,10,13,17H2,1H3,(H,28,30)/t21-/m0/s1. The van der Waals surface area contributed by atoms with Crippen molar-refractivity contribution in [2.24, 2.45) is 0 Å². The number of carbonyl (C=O) groups is 1. The molecule has 0 aliphatic carbocycles. The first-order valence-corrected chi connectivity index (χ1v) is 10.7. The Balaban J connectivity index is 1.37. The second-order valence-electron chi connectivity index (χ2n) is 7.63. The van der Waals surface area contributed by atoms with E-state index in [4.69, 9.17) is 4.74 Å². The Morgan fingerprint density at radius 1 is 1.06 bits per heavy atom. The fourth-order valence-corrected chi connectivity index (χ4v) is 3.71. The maximum absolute atomic E-state index is 13.0. The number of para-hydroxylation sites is 1. The summed E-state index contributed by atoms with van der Waals surface area (Å²) in [5, 5.41) is 3.01. The molecule has 1 aromatic carbocycles. The average molecular weight is 418 g/mol. The van der Waals surface area contributed by atoms with Crippen molar-refractivity contribution >= 4 is 11.6 Å². The first kappa shape index (κ1) is 20.9. The SMILES string of the molecule is CCc1ncc(CN2CCCC[C@H]2C(=O)Nc2ccc(Oc3ccccc3)nc2)cn1. The van der Waals surface area contributed by atoms with E-state index in [1.807, 2.05) is 55.7 Å². The van der Waals surface area contributed by atoms with Gasteiger partial charge in [-0.1, -0.05) is 31.5 Å². The van der Waals surface area contributed by atoms with Gasteiger partial charge in [-0.3, -0.25) is 9.69 Å². The van der Waals surface area contributed by atoms with E-state index in [0.29, 0.717) is 18.1 Å². The maximum atomic E-state index is 13.0. The third-order valence-corrected chi connectivity index (χ3v) is 5.35. The number of aryl methyl sites for hydroxylation is 1. The number of anilines is 1. The molecule has 1 aliphatic heterocycles. The number of piperidine rings is 1. The number of pyridine rings is 1. The zero-order valence-electron chi connectivity index (χ0n) is 17.7. The van der Waals surface area contributed by atoms with Crippen LogP contribution < -0.4 is 10.1 Å². The van der Waals surface area contributed by atoms with E-state index in [0.717, 1.165) is 49.4 Å². The van der Waals surface area contributed by atoms with Gasteiger partial charge in [0.15, 0.2) is 0 Å². The molecule has 1 aliphatic rings. The Morgan fingerprint density at radius 3 is 2.58 bits per heavy atom. The highest BCUT2D eigenvalue weighted by molar-refractivity contribution is 5.94. The zero-order chi connectivity index (χ0) is 21.5. The molecule has 1 fully saturated rings. The monoisotopic (exact) mass is 417 g/mol. The van der Waals surface area contributed by atoms with E-state index >= 15 is 0 Å². The van der Waals surface area contributed by atoms with Crippen LogP contribution >= 0.6 is 0 Å². The minimum Gasteiger partial charge on any atom is -0.439 e. The van der Waals surface area contributed by atoms with Gasteiger partial charge in [0.1, 0.15) is 11.6 Å². The Hall–Kier alpha value is -3.32. The fourth-order valence-electron chi connectivity index (χ4n) is 3.71. The average Bonchev–Trinajstić information content (AvgIpc) is 2.82. The molecule has 0 radical (unpaired) electrons. The van der Waals surface area contributed by atoms with Crippen LogP contribution in [-0.2, 0) is 17.8 Å². The van der Waals surface area contributed by atoms with Gasteiger partial charge in [0, 0.05) is 37.0 Å². The highest BCUT2D eigenvalue weighted by Crippen LogP contribution is 2.23. The van der Waals surface area contributed by atoms with Crippen LogP contribution in [0.2, 0.25) is 0 Å². The van der Waals surface area contributed by atoms with Gasteiger partial charge >= 0.3 is 0 Å². The van der Waals surface area contributed by atoms with Gasteiger partial charge < -0.3 is 10.1 Å². The lowest BCUT2D eigenvalue weighted by molar-refractivity contribution is -0.122. The number of carbonyl (C=O) groups excluding carboxylic acids is 1. The van der Waals surface area contributed by atoms with Crippen molar-refractivity contribution in [3.8, 4) is 11.6 Å². The Morgan fingerprint density at radius 2 is 1.87 bits per heavy atom. The summed E-state index contributed by atoms with van der Waals surface area (Å²) in [6, 6.07) is 12.9. The number of nitrogens with zero attached hydrogens (tertiary/aromatic N) is 4. The Bertz CT molecular complexity index is 977. The highest BCUT2D eigenvalue weighted by atomic mass is 16.5. The molecule has 0 saturated carbocycles. The van der Waals surface area contributed by atoms with Gasteiger partial charge in [-0.2, -0.15) is 0 Å². The van der Waals surface area contributed by atoms with Crippen LogP contribution in [0.4, 0.5) is 5.69 Å².